The third kappa shape index (κ3) is 5.82. The maximum Gasteiger partial charge on any atom is 0.193 e. The maximum absolute atomic E-state index is 5.56. The van der Waals surface area contributed by atoms with Crippen LogP contribution in [0.5, 0.6) is 0 Å². The molecule has 0 aromatic heterocycles. The van der Waals surface area contributed by atoms with E-state index < -0.39 is 0 Å². The molecule has 0 bridgehead atoms. The van der Waals surface area contributed by atoms with E-state index in [2.05, 4.69) is 53.2 Å². The second-order valence-corrected chi connectivity index (χ2v) is 6.97. The van der Waals surface area contributed by atoms with Crippen molar-refractivity contribution >= 4 is 29.9 Å². The van der Waals surface area contributed by atoms with Crippen LogP contribution >= 0.6 is 24.0 Å². The Bertz CT molecular complexity index is 569. The lowest BCUT2D eigenvalue weighted by Crippen LogP contribution is -2.42. The monoisotopic (exact) mass is 472 g/mol. The van der Waals surface area contributed by atoms with Crippen molar-refractivity contribution in [1.29, 1.82) is 0 Å². The van der Waals surface area contributed by atoms with E-state index in [4.69, 9.17) is 9.73 Å². The first-order chi connectivity index (χ1) is 12.3. The van der Waals surface area contributed by atoms with Gasteiger partial charge in [-0.25, -0.2) is 0 Å². The number of likely N-dealkylation sites (tertiary alicyclic amines) is 1. The summed E-state index contributed by atoms with van der Waals surface area (Å²) in [6.45, 7) is 11.9. The molecule has 1 aromatic rings. The van der Waals surface area contributed by atoms with Gasteiger partial charge in [0.1, 0.15) is 0 Å². The molecule has 1 atom stereocenters. The summed E-state index contributed by atoms with van der Waals surface area (Å²) in [7, 11) is 0. The topological polar surface area (TPSA) is 40.1 Å². The zero-order chi connectivity index (χ0) is 17.5. The fraction of sp³-hybridized carbons (Fsp3) is 0.650. The van der Waals surface area contributed by atoms with Crippen LogP contribution in [0.3, 0.4) is 0 Å². The van der Waals surface area contributed by atoms with Crippen LogP contribution in [0.4, 0.5) is 0 Å². The largest absolute Gasteiger partial charge is 0.379 e. The predicted molar refractivity (Wildman–Crippen MR) is 119 cm³/mol. The minimum absolute atomic E-state index is 0. The van der Waals surface area contributed by atoms with Crippen molar-refractivity contribution in [3.8, 4) is 0 Å². The normalized spacial score (nSPS) is 19.9. The number of ether oxygens (including phenoxy) is 1. The molecule has 0 aliphatic carbocycles. The van der Waals surface area contributed by atoms with Gasteiger partial charge in [-0.2, -0.15) is 0 Å². The first kappa shape index (κ1) is 21.4. The lowest BCUT2D eigenvalue weighted by molar-refractivity contribution is 0.0179. The molecule has 2 fully saturated rings. The molecule has 6 heteroatoms. The molecule has 2 saturated heterocycles. The average molecular weight is 472 g/mol. The highest BCUT2D eigenvalue weighted by Crippen LogP contribution is 2.23. The van der Waals surface area contributed by atoms with Gasteiger partial charge in [0.25, 0.3) is 0 Å². The summed E-state index contributed by atoms with van der Waals surface area (Å²) < 4.78 is 5.56. The number of hydrogen-bond acceptors (Lipinski definition) is 3. The molecule has 26 heavy (non-hydrogen) atoms. The van der Waals surface area contributed by atoms with Crippen molar-refractivity contribution in [3.05, 3.63) is 35.4 Å². The quantitative estimate of drug-likeness (QED) is 0.407. The second kappa shape index (κ2) is 11.1. The van der Waals surface area contributed by atoms with E-state index in [1.807, 2.05) is 0 Å². The summed E-state index contributed by atoms with van der Waals surface area (Å²) in [6, 6.07) is 9.19. The first-order valence-electron chi connectivity index (χ1n) is 9.69. The molecule has 1 unspecified atom stereocenters. The highest BCUT2D eigenvalue weighted by atomic mass is 127. The van der Waals surface area contributed by atoms with Crippen LogP contribution in [0.2, 0.25) is 0 Å². The molecular weight excluding hydrogens is 439 g/mol. The van der Waals surface area contributed by atoms with E-state index in [0.717, 1.165) is 58.4 Å². The van der Waals surface area contributed by atoms with Gasteiger partial charge < -0.3 is 15.0 Å². The van der Waals surface area contributed by atoms with E-state index >= 15 is 0 Å². The fourth-order valence-corrected chi connectivity index (χ4v) is 3.73. The zero-order valence-corrected chi connectivity index (χ0v) is 18.4. The summed E-state index contributed by atoms with van der Waals surface area (Å²) in [5.41, 5.74) is 2.68. The van der Waals surface area contributed by atoms with E-state index in [0.29, 0.717) is 6.04 Å². The minimum Gasteiger partial charge on any atom is -0.379 e. The molecule has 1 aromatic carbocycles. The molecule has 0 spiro atoms. The summed E-state index contributed by atoms with van der Waals surface area (Å²) in [4.78, 5) is 9.95. The van der Waals surface area contributed by atoms with Gasteiger partial charge in [0.15, 0.2) is 5.96 Å². The number of guanidine groups is 1. The van der Waals surface area contributed by atoms with E-state index in [9.17, 15) is 0 Å². The Kier molecular flexibility index (Phi) is 9.15. The van der Waals surface area contributed by atoms with Crippen molar-refractivity contribution in [1.82, 2.24) is 15.1 Å². The Labute approximate surface area is 175 Å². The molecular formula is C20H33IN4O. The predicted octanol–water partition coefficient (Wildman–Crippen LogP) is 3.05. The van der Waals surface area contributed by atoms with Crippen molar-refractivity contribution in [2.24, 2.45) is 4.99 Å². The van der Waals surface area contributed by atoms with Crippen LogP contribution in [0, 0.1) is 6.92 Å². The van der Waals surface area contributed by atoms with Crippen LogP contribution in [-0.2, 0) is 4.74 Å². The Morgan fingerprint density at radius 3 is 2.58 bits per heavy atom. The number of rotatable bonds is 5. The molecule has 146 valence electrons. The number of hydrogen-bond donors (Lipinski definition) is 1. The maximum atomic E-state index is 5.56. The van der Waals surface area contributed by atoms with Gasteiger partial charge in [0.2, 0.25) is 0 Å². The molecule has 2 aliphatic rings. The summed E-state index contributed by atoms with van der Waals surface area (Å²) in [6.07, 6.45) is 2.55. The third-order valence-electron chi connectivity index (χ3n) is 5.07. The lowest BCUT2D eigenvalue weighted by Gasteiger charge is -2.34. The van der Waals surface area contributed by atoms with E-state index in [1.165, 1.54) is 24.0 Å². The van der Waals surface area contributed by atoms with E-state index in [1.54, 1.807) is 0 Å². The molecule has 2 aliphatic heterocycles. The SMILES string of the molecule is CCNC(=NCC(c1cccc(C)c1)N1CCOCC1)N1CCCC1.I. The minimum atomic E-state index is 0. The Hall–Kier alpha value is -0.860. The molecule has 0 saturated carbocycles. The zero-order valence-electron chi connectivity index (χ0n) is 16.1. The highest BCUT2D eigenvalue weighted by Gasteiger charge is 2.23. The fourth-order valence-electron chi connectivity index (χ4n) is 3.73. The van der Waals surface area contributed by atoms with Crippen molar-refractivity contribution < 1.29 is 4.74 Å². The standard InChI is InChI=1S/C20H32N4O.HI/c1-3-21-20(24-9-4-5-10-24)22-16-19(23-11-13-25-14-12-23)18-8-6-7-17(2)15-18;/h6-8,15,19H,3-5,9-14,16H2,1-2H3,(H,21,22);1H. The van der Waals surface area contributed by atoms with Crippen molar-refractivity contribution in [2.75, 3.05) is 52.5 Å². The number of halogens is 1. The van der Waals surface area contributed by atoms with Gasteiger partial charge >= 0.3 is 0 Å². The van der Waals surface area contributed by atoms with Gasteiger partial charge in [-0.05, 0) is 32.3 Å². The van der Waals surface area contributed by atoms with Gasteiger partial charge in [-0.3, -0.25) is 9.89 Å². The lowest BCUT2D eigenvalue weighted by atomic mass is 10.0. The number of morpholine rings is 1. The van der Waals surface area contributed by atoms with Gasteiger partial charge in [0.05, 0.1) is 25.8 Å². The van der Waals surface area contributed by atoms with E-state index in [-0.39, 0.29) is 24.0 Å². The number of nitrogens with zero attached hydrogens (tertiary/aromatic N) is 3. The average Bonchev–Trinajstić information content (AvgIpc) is 3.16. The number of aliphatic imine (C=N–C) groups is 1. The second-order valence-electron chi connectivity index (χ2n) is 6.97. The van der Waals surface area contributed by atoms with Gasteiger partial charge in [-0.15, -0.1) is 24.0 Å². The summed E-state index contributed by atoms with van der Waals surface area (Å²) in [5.74, 6) is 1.07. The molecule has 1 N–H and O–H groups in total. The number of benzene rings is 1. The van der Waals surface area contributed by atoms with Crippen LogP contribution in [0.15, 0.2) is 29.3 Å². The number of aryl methyl sites for hydroxylation is 1. The summed E-state index contributed by atoms with van der Waals surface area (Å²) >= 11 is 0. The first-order valence-corrected chi connectivity index (χ1v) is 9.69. The molecule has 3 rings (SSSR count). The number of nitrogens with one attached hydrogen (secondary N) is 1. The van der Waals surface area contributed by atoms with Crippen LogP contribution < -0.4 is 5.32 Å². The highest BCUT2D eigenvalue weighted by molar-refractivity contribution is 14.0. The smallest absolute Gasteiger partial charge is 0.193 e. The summed E-state index contributed by atoms with van der Waals surface area (Å²) in [5, 5.41) is 3.48. The third-order valence-corrected chi connectivity index (χ3v) is 5.07. The van der Waals surface area contributed by atoms with Gasteiger partial charge in [0, 0.05) is 32.7 Å². The van der Waals surface area contributed by atoms with Gasteiger partial charge in [-0.1, -0.05) is 29.8 Å². The molecule has 2 heterocycles. The Morgan fingerprint density at radius 2 is 1.92 bits per heavy atom. The molecule has 0 amide bonds. The Morgan fingerprint density at radius 1 is 1.19 bits per heavy atom. The molecule has 5 nitrogen and oxygen atoms in total. The molecule has 0 radical (unpaired) electrons. The van der Waals surface area contributed by atoms with Crippen LogP contribution in [-0.4, -0.2) is 68.2 Å². The van der Waals surface area contributed by atoms with Crippen LogP contribution in [0.1, 0.15) is 36.9 Å². The van der Waals surface area contributed by atoms with Crippen molar-refractivity contribution in [3.63, 3.8) is 0 Å². The Balaban J connectivity index is 0.00000243. The van der Waals surface area contributed by atoms with Crippen LogP contribution in [0.25, 0.3) is 0 Å². The van der Waals surface area contributed by atoms with Crippen molar-refractivity contribution in [2.45, 2.75) is 32.7 Å².